The summed E-state index contributed by atoms with van der Waals surface area (Å²) in [6.45, 7) is 0.580. The van der Waals surface area contributed by atoms with Gasteiger partial charge in [0.25, 0.3) is 0 Å². The van der Waals surface area contributed by atoms with Crippen molar-refractivity contribution in [3.8, 4) is 0 Å². The number of benzene rings is 1. The lowest BCUT2D eigenvalue weighted by Gasteiger charge is -2.15. The molecule has 0 atom stereocenters. The summed E-state index contributed by atoms with van der Waals surface area (Å²) in [6, 6.07) is 9.66. The summed E-state index contributed by atoms with van der Waals surface area (Å²) in [5, 5.41) is 3.04. The summed E-state index contributed by atoms with van der Waals surface area (Å²) in [6.07, 6.45) is 5.83. The third kappa shape index (κ3) is 2.29. The number of nitrogens with two attached hydrogens (primary N) is 1. The van der Waals surface area contributed by atoms with Crippen LogP contribution in [0.25, 0.3) is 0 Å². The van der Waals surface area contributed by atoms with Crippen molar-refractivity contribution in [3.63, 3.8) is 0 Å². The number of rotatable bonds is 4. The van der Waals surface area contributed by atoms with Crippen LogP contribution in [0.1, 0.15) is 24.0 Å². The average Bonchev–Trinajstić information content (AvgIpc) is 3.15. The number of hydrogen-bond acceptors (Lipinski definition) is 2. The first-order valence-electron chi connectivity index (χ1n) is 6.85. The van der Waals surface area contributed by atoms with Crippen LogP contribution in [0.15, 0.2) is 42.7 Å². The van der Waals surface area contributed by atoms with Gasteiger partial charge in [0.15, 0.2) is 0 Å². The normalized spacial score (nSPS) is 15.8. The van der Waals surface area contributed by atoms with E-state index in [4.69, 9.17) is 5.73 Å². The molecule has 1 aliphatic rings. The number of nitrogen functional groups attached to an aromatic ring is 1. The Kier molecular flexibility index (Phi) is 3.01. The number of carbonyl (C=O) groups excluding carboxylic acids is 1. The molecule has 3 N–H and O–H groups in total. The molecule has 0 bridgehead atoms. The lowest BCUT2D eigenvalue weighted by Crippen LogP contribution is -2.34. The monoisotopic (exact) mass is 269 g/mol. The maximum Gasteiger partial charge on any atom is 0.230 e. The molecule has 1 heterocycles. The van der Waals surface area contributed by atoms with E-state index in [0.29, 0.717) is 6.54 Å². The van der Waals surface area contributed by atoms with Gasteiger partial charge in [-0.3, -0.25) is 4.79 Å². The molecule has 1 aromatic carbocycles. The first-order valence-corrected chi connectivity index (χ1v) is 6.85. The SMILES string of the molecule is Cn1ccc(CNC(=O)C2(c3ccc(N)cc3)CC2)c1. The fourth-order valence-electron chi connectivity index (χ4n) is 2.59. The third-order valence-corrected chi connectivity index (χ3v) is 3.99. The zero-order chi connectivity index (χ0) is 14.2. The molecule has 3 rings (SSSR count). The molecule has 0 spiro atoms. The standard InChI is InChI=1S/C16H19N3O/c1-19-9-6-12(11-19)10-18-15(20)16(7-8-16)13-2-4-14(17)5-3-13/h2-6,9,11H,7-8,10,17H2,1H3,(H,18,20). The van der Waals surface area contributed by atoms with Gasteiger partial charge in [0.05, 0.1) is 5.41 Å². The Hall–Kier alpha value is -2.23. The smallest absolute Gasteiger partial charge is 0.230 e. The second kappa shape index (κ2) is 4.71. The highest BCUT2D eigenvalue weighted by Gasteiger charge is 2.50. The van der Waals surface area contributed by atoms with Crippen LogP contribution < -0.4 is 11.1 Å². The van der Waals surface area contributed by atoms with E-state index in [9.17, 15) is 4.79 Å². The van der Waals surface area contributed by atoms with Crippen molar-refractivity contribution in [3.05, 3.63) is 53.9 Å². The number of aromatic nitrogens is 1. The molecule has 0 saturated heterocycles. The fraction of sp³-hybridized carbons (Fsp3) is 0.312. The molecule has 4 nitrogen and oxygen atoms in total. The Bertz CT molecular complexity index is 623. The lowest BCUT2D eigenvalue weighted by molar-refractivity contribution is -0.123. The summed E-state index contributed by atoms with van der Waals surface area (Å²) >= 11 is 0. The second-order valence-electron chi connectivity index (χ2n) is 5.57. The van der Waals surface area contributed by atoms with Crippen LogP contribution in [0.2, 0.25) is 0 Å². The average molecular weight is 269 g/mol. The number of carbonyl (C=O) groups is 1. The summed E-state index contributed by atoms with van der Waals surface area (Å²) in [5.41, 5.74) is 8.29. The van der Waals surface area contributed by atoms with Crippen molar-refractivity contribution in [2.24, 2.45) is 7.05 Å². The van der Waals surface area contributed by atoms with E-state index in [1.807, 2.05) is 54.3 Å². The van der Waals surface area contributed by atoms with Crippen LogP contribution in [0, 0.1) is 0 Å². The number of nitrogens with zero attached hydrogens (tertiary/aromatic N) is 1. The number of nitrogens with one attached hydrogen (secondary N) is 1. The Morgan fingerprint density at radius 2 is 2.00 bits per heavy atom. The Morgan fingerprint density at radius 3 is 2.55 bits per heavy atom. The van der Waals surface area contributed by atoms with E-state index in [2.05, 4.69) is 5.32 Å². The van der Waals surface area contributed by atoms with Gasteiger partial charge in [-0.15, -0.1) is 0 Å². The van der Waals surface area contributed by atoms with E-state index in [0.717, 1.165) is 29.7 Å². The number of hydrogen-bond donors (Lipinski definition) is 2. The summed E-state index contributed by atoms with van der Waals surface area (Å²) in [4.78, 5) is 12.4. The van der Waals surface area contributed by atoms with Gasteiger partial charge in [-0.1, -0.05) is 12.1 Å². The molecule has 1 amide bonds. The second-order valence-corrected chi connectivity index (χ2v) is 5.57. The van der Waals surface area contributed by atoms with Gasteiger partial charge in [0.2, 0.25) is 5.91 Å². The number of anilines is 1. The minimum absolute atomic E-state index is 0.117. The quantitative estimate of drug-likeness (QED) is 0.833. The molecule has 1 aliphatic carbocycles. The summed E-state index contributed by atoms with van der Waals surface area (Å²) in [7, 11) is 1.97. The molecule has 104 valence electrons. The van der Waals surface area contributed by atoms with E-state index in [-0.39, 0.29) is 11.3 Å². The van der Waals surface area contributed by atoms with Crippen molar-refractivity contribution < 1.29 is 4.79 Å². The van der Waals surface area contributed by atoms with Crippen LogP contribution >= 0.6 is 0 Å². The molecule has 1 fully saturated rings. The molecule has 20 heavy (non-hydrogen) atoms. The van der Waals surface area contributed by atoms with Gasteiger partial charge in [-0.25, -0.2) is 0 Å². The van der Waals surface area contributed by atoms with Gasteiger partial charge in [-0.05, 0) is 42.2 Å². The van der Waals surface area contributed by atoms with Gasteiger partial charge in [-0.2, -0.15) is 0 Å². The Labute approximate surface area is 118 Å². The zero-order valence-electron chi connectivity index (χ0n) is 11.6. The molecule has 4 heteroatoms. The highest BCUT2D eigenvalue weighted by atomic mass is 16.2. The van der Waals surface area contributed by atoms with Gasteiger partial charge in [0, 0.05) is 31.7 Å². The van der Waals surface area contributed by atoms with Crippen molar-refractivity contribution >= 4 is 11.6 Å². The van der Waals surface area contributed by atoms with Gasteiger partial charge >= 0.3 is 0 Å². The maximum absolute atomic E-state index is 12.4. The van der Waals surface area contributed by atoms with E-state index >= 15 is 0 Å². The van der Waals surface area contributed by atoms with Crippen LogP contribution in [-0.2, 0) is 23.8 Å². The highest BCUT2D eigenvalue weighted by molar-refractivity contribution is 5.91. The molecular weight excluding hydrogens is 250 g/mol. The molecule has 0 unspecified atom stereocenters. The lowest BCUT2D eigenvalue weighted by atomic mass is 9.94. The first-order chi connectivity index (χ1) is 9.60. The van der Waals surface area contributed by atoms with Crippen molar-refractivity contribution in [2.45, 2.75) is 24.8 Å². The fourth-order valence-corrected chi connectivity index (χ4v) is 2.59. The number of aryl methyl sites for hydroxylation is 1. The van der Waals surface area contributed by atoms with Gasteiger partial charge in [0.1, 0.15) is 0 Å². The maximum atomic E-state index is 12.4. The molecule has 1 saturated carbocycles. The largest absolute Gasteiger partial charge is 0.399 e. The van der Waals surface area contributed by atoms with Gasteiger partial charge < -0.3 is 15.6 Å². The van der Waals surface area contributed by atoms with Crippen LogP contribution in [0.3, 0.4) is 0 Å². The van der Waals surface area contributed by atoms with E-state index in [1.165, 1.54) is 0 Å². The minimum atomic E-state index is -0.331. The Morgan fingerprint density at radius 1 is 1.30 bits per heavy atom. The molecule has 0 aliphatic heterocycles. The summed E-state index contributed by atoms with van der Waals surface area (Å²) < 4.78 is 1.98. The van der Waals surface area contributed by atoms with Crippen LogP contribution in [0.4, 0.5) is 5.69 Å². The third-order valence-electron chi connectivity index (χ3n) is 3.99. The Balaban J connectivity index is 1.68. The molecule has 1 aromatic heterocycles. The van der Waals surface area contributed by atoms with Crippen molar-refractivity contribution in [1.82, 2.24) is 9.88 Å². The molecule has 0 radical (unpaired) electrons. The van der Waals surface area contributed by atoms with Crippen molar-refractivity contribution in [2.75, 3.05) is 5.73 Å². The highest BCUT2D eigenvalue weighted by Crippen LogP contribution is 2.48. The topological polar surface area (TPSA) is 60.0 Å². The van der Waals surface area contributed by atoms with E-state index < -0.39 is 0 Å². The minimum Gasteiger partial charge on any atom is -0.399 e. The van der Waals surface area contributed by atoms with Crippen LogP contribution in [0.5, 0.6) is 0 Å². The van der Waals surface area contributed by atoms with Crippen LogP contribution in [-0.4, -0.2) is 10.5 Å². The zero-order valence-corrected chi connectivity index (χ0v) is 11.6. The first kappa shape index (κ1) is 12.8. The van der Waals surface area contributed by atoms with E-state index in [1.54, 1.807) is 0 Å². The van der Waals surface area contributed by atoms with Crippen molar-refractivity contribution in [1.29, 1.82) is 0 Å². The molecular formula is C16H19N3O. The number of amides is 1. The predicted octanol–water partition coefficient (Wildman–Crippen LogP) is 1.96. The molecule has 2 aromatic rings. The summed E-state index contributed by atoms with van der Waals surface area (Å²) in [5.74, 6) is 0.117. The predicted molar refractivity (Wildman–Crippen MR) is 79.0 cm³/mol.